The summed E-state index contributed by atoms with van der Waals surface area (Å²) < 4.78 is 0.870. The Balaban J connectivity index is 2.13. The molecule has 0 spiro atoms. The SMILES string of the molecule is CC1(O)CCCN(c2ncc(Br)cn2)C1. The molecular formula is C10H14BrN3O. The molecule has 15 heavy (non-hydrogen) atoms. The minimum atomic E-state index is -0.616. The van der Waals surface area contributed by atoms with Crippen LogP contribution in [0, 0.1) is 0 Å². The largest absolute Gasteiger partial charge is 0.388 e. The molecule has 5 heteroatoms. The van der Waals surface area contributed by atoms with Gasteiger partial charge in [0.1, 0.15) is 0 Å². The van der Waals surface area contributed by atoms with Crippen molar-refractivity contribution >= 4 is 21.9 Å². The summed E-state index contributed by atoms with van der Waals surface area (Å²) >= 11 is 3.30. The fourth-order valence-corrected chi connectivity index (χ4v) is 2.06. The third-order valence-electron chi connectivity index (χ3n) is 2.56. The predicted molar refractivity (Wildman–Crippen MR) is 61.8 cm³/mol. The van der Waals surface area contributed by atoms with Crippen LogP contribution < -0.4 is 4.90 Å². The number of halogens is 1. The molecule has 0 bridgehead atoms. The molecule has 1 atom stereocenters. The van der Waals surface area contributed by atoms with Crippen LogP contribution in [0.5, 0.6) is 0 Å². The third-order valence-corrected chi connectivity index (χ3v) is 2.97. The fraction of sp³-hybridized carbons (Fsp3) is 0.600. The molecule has 0 aliphatic carbocycles. The number of hydrogen-bond donors (Lipinski definition) is 1. The van der Waals surface area contributed by atoms with Gasteiger partial charge in [-0.05, 0) is 35.7 Å². The minimum absolute atomic E-state index is 0.606. The van der Waals surface area contributed by atoms with Crippen LogP contribution in [0.3, 0.4) is 0 Å². The lowest BCUT2D eigenvalue weighted by atomic mass is 9.95. The zero-order valence-electron chi connectivity index (χ0n) is 8.65. The summed E-state index contributed by atoms with van der Waals surface area (Å²) in [7, 11) is 0. The van der Waals surface area contributed by atoms with Gasteiger partial charge in [-0.3, -0.25) is 0 Å². The van der Waals surface area contributed by atoms with E-state index in [0.717, 1.165) is 23.9 Å². The van der Waals surface area contributed by atoms with Crippen molar-refractivity contribution in [3.05, 3.63) is 16.9 Å². The van der Waals surface area contributed by atoms with Crippen LogP contribution in [0.2, 0.25) is 0 Å². The molecule has 1 aromatic rings. The number of β-amino-alcohol motifs (C(OH)–C–C–N with tert-alkyl or cyclic N) is 1. The quantitative estimate of drug-likeness (QED) is 0.843. The summed E-state index contributed by atoms with van der Waals surface area (Å²) in [6.07, 6.45) is 5.28. The molecule has 0 amide bonds. The highest BCUT2D eigenvalue weighted by Crippen LogP contribution is 2.23. The van der Waals surface area contributed by atoms with Gasteiger partial charge in [-0.1, -0.05) is 0 Å². The Labute approximate surface area is 97.5 Å². The minimum Gasteiger partial charge on any atom is -0.388 e. The van der Waals surface area contributed by atoms with E-state index in [1.54, 1.807) is 12.4 Å². The van der Waals surface area contributed by atoms with Gasteiger partial charge >= 0.3 is 0 Å². The van der Waals surface area contributed by atoms with Gasteiger partial charge in [0.2, 0.25) is 5.95 Å². The molecule has 0 radical (unpaired) electrons. The molecule has 0 aromatic carbocycles. The lowest BCUT2D eigenvalue weighted by Gasteiger charge is -2.36. The summed E-state index contributed by atoms with van der Waals surface area (Å²) in [4.78, 5) is 10.5. The van der Waals surface area contributed by atoms with E-state index in [1.807, 2.05) is 11.8 Å². The fourth-order valence-electron chi connectivity index (χ4n) is 1.86. The van der Waals surface area contributed by atoms with E-state index >= 15 is 0 Å². The van der Waals surface area contributed by atoms with E-state index < -0.39 is 5.60 Å². The third kappa shape index (κ3) is 2.66. The molecule has 1 N–H and O–H groups in total. The number of piperidine rings is 1. The number of hydrogen-bond acceptors (Lipinski definition) is 4. The van der Waals surface area contributed by atoms with E-state index in [-0.39, 0.29) is 0 Å². The molecule has 4 nitrogen and oxygen atoms in total. The second-order valence-electron chi connectivity index (χ2n) is 4.22. The van der Waals surface area contributed by atoms with Crippen molar-refractivity contribution in [1.29, 1.82) is 0 Å². The molecule has 2 rings (SSSR count). The maximum Gasteiger partial charge on any atom is 0.225 e. The maximum absolute atomic E-state index is 9.95. The van der Waals surface area contributed by atoms with Crippen LogP contribution >= 0.6 is 15.9 Å². The van der Waals surface area contributed by atoms with Gasteiger partial charge in [-0.15, -0.1) is 0 Å². The topological polar surface area (TPSA) is 49.2 Å². The normalized spacial score (nSPS) is 26.7. The van der Waals surface area contributed by atoms with E-state index in [0.29, 0.717) is 12.5 Å². The summed E-state index contributed by atoms with van der Waals surface area (Å²) in [6, 6.07) is 0. The summed E-state index contributed by atoms with van der Waals surface area (Å²) in [6.45, 7) is 3.38. The van der Waals surface area contributed by atoms with Crippen LogP contribution in [0.15, 0.2) is 16.9 Å². The predicted octanol–water partition coefficient (Wildman–Crippen LogP) is 1.59. The molecule has 1 aliphatic heterocycles. The monoisotopic (exact) mass is 271 g/mol. The Kier molecular flexibility index (Phi) is 2.93. The second kappa shape index (κ2) is 4.06. The molecule has 2 heterocycles. The Bertz CT molecular complexity index is 339. The molecule has 1 aromatic heterocycles. The lowest BCUT2D eigenvalue weighted by Crippen LogP contribution is -2.46. The van der Waals surface area contributed by atoms with E-state index in [2.05, 4.69) is 25.9 Å². The van der Waals surface area contributed by atoms with E-state index in [1.165, 1.54) is 0 Å². The molecule has 1 aliphatic rings. The Morgan fingerprint density at radius 3 is 2.73 bits per heavy atom. The van der Waals surface area contributed by atoms with Crippen LogP contribution in [0.4, 0.5) is 5.95 Å². The average molecular weight is 272 g/mol. The summed E-state index contributed by atoms with van der Waals surface area (Å²) in [5, 5.41) is 9.95. The van der Waals surface area contributed by atoms with Crippen molar-refractivity contribution in [3.8, 4) is 0 Å². The molecule has 1 unspecified atom stereocenters. The molecule has 0 saturated carbocycles. The van der Waals surface area contributed by atoms with Crippen molar-refractivity contribution in [1.82, 2.24) is 9.97 Å². The number of rotatable bonds is 1. The van der Waals surface area contributed by atoms with Crippen molar-refractivity contribution in [2.24, 2.45) is 0 Å². The van der Waals surface area contributed by atoms with Crippen LogP contribution in [-0.2, 0) is 0 Å². The molecule has 1 saturated heterocycles. The maximum atomic E-state index is 9.95. The van der Waals surface area contributed by atoms with Gasteiger partial charge in [-0.25, -0.2) is 9.97 Å². The van der Waals surface area contributed by atoms with Gasteiger partial charge in [0.15, 0.2) is 0 Å². The first kappa shape index (κ1) is 10.8. The number of aliphatic hydroxyl groups is 1. The van der Waals surface area contributed by atoms with Crippen molar-refractivity contribution in [2.45, 2.75) is 25.4 Å². The number of aromatic nitrogens is 2. The average Bonchev–Trinajstić information content (AvgIpc) is 2.17. The molecule has 1 fully saturated rings. The highest BCUT2D eigenvalue weighted by molar-refractivity contribution is 9.10. The highest BCUT2D eigenvalue weighted by Gasteiger charge is 2.29. The van der Waals surface area contributed by atoms with Gasteiger partial charge in [0, 0.05) is 25.5 Å². The van der Waals surface area contributed by atoms with Crippen LogP contribution in [0.25, 0.3) is 0 Å². The van der Waals surface area contributed by atoms with Crippen molar-refractivity contribution < 1.29 is 5.11 Å². The summed E-state index contributed by atoms with van der Waals surface area (Å²) in [5.41, 5.74) is -0.616. The second-order valence-corrected chi connectivity index (χ2v) is 5.14. The summed E-state index contributed by atoms with van der Waals surface area (Å²) in [5.74, 6) is 0.693. The van der Waals surface area contributed by atoms with Gasteiger partial charge < -0.3 is 10.0 Å². The zero-order chi connectivity index (χ0) is 10.9. The zero-order valence-corrected chi connectivity index (χ0v) is 10.2. The highest BCUT2D eigenvalue weighted by atomic mass is 79.9. The smallest absolute Gasteiger partial charge is 0.225 e. The number of anilines is 1. The van der Waals surface area contributed by atoms with Crippen molar-refractivity contribution in [3.63, 3.8) is 0 Å². The Morgan fingerprint density at radius 1 is 1.47 bits per heavy atom. The molecule has 82 valence electrons. The van der Waals surface area contributed by atoms with Gasteiger partial charge in [0.25, 0.3) is 0 Å². The first-order valence-electron chi connectivity index (χ1n) is 5.02. The van der Waals surface area contributed by atoms with Crippen molar-refractivity contribution in [2.75, 3.05) is 18.0 Å². The first-order valence-corrected chi connectivity index (χ1v) is 5.81. The standard InChI is InChI=1S/C10H14BrN3O/c1-10(15)3-2-4-14(7-10)9-12-5-8(11)6-13-9/h5-6,15H,2-4,7H2,1H3. The lowest BCUT2D eigenvalue weighted by molar-refractivity contribution is 0.0444. The van der Waals surface area contributed by atoms with Gasteiger partial charge in [-0.2, -0.15) is 0 Å². The molecular weight excluding hydrogens is 258 g/mol. The van der Waals surface area contributed by atoms with E-state index in [4.69, 9.17) is 0 Å². The van der Waals surface area contributed by atoms with E-state index in [9.17, 15) is 5.11 Å². The van der Waals surface area contributed by atoms with Gasteiger partial charge in [0.05, 0.1) is 10.1 Å². The Morgan fingerprint density at radius 2 is 2.13 bits per heavy atom. The van der Waals surface area contributed by atoms with Crippen LogP contribution in [0.1, 0.15) is 19.8 Å². The Hall–Kier alpha value is -0.680. The number of nitrogens with zero attached hydrogens (tertiary/aromatic N) is 3. The van der Waals surface area contributed by atoms with Crippen LogP contribution in [-0.4, -0.2) is 33.8 Å². The first-order chi connectivity index (χ1) is 7.07.